The van der Waals surface area contributed by atoms with Gasteiger partial charge in [0.25, 0.3) is 0 Å². The van der Waals surface area contributed by atoms with Crippen LogP contribution >= 0.6 is 0 Å². The lowest BCUT2D eigenvalue weighted by molar-refractivity contribution is 0.366. The molecule has 0 atom stereocenters. The van der Waals surface area contributed by atoms with Crippen LogP contribution in [0.2, 0.25) is 0 Å². The molecule has 1 fully saturated rings. The van der Waals surface area contributed by atoms with Crippen LogP contribution in [0, 0.1) is 0 Å². The van der Waals surface area contributed by atoms with Crippen LogP contribution < -0.4 is 11.0 Å². The molecule has 1 saturated heterocycles. The number of hydrogen-bond donors (Lipinski definition) is 2. The first-order valence-electron chi connectivity index (χ1n) is 10.1. The van der Waals surface area contributed by atoms with Crippen molar-refractivity contribution in [1.82, 2.24) is 39.6 Å². The van der Waals surface area contributed by atoms with E-state index >= 15 is 0 Å². The Hall–Kier alpha value is -3.59. The van der Waals surface area contributed by atoms with E-state index in [0.717, 1.165) is 70.3 Å². The molecule has 1 aliphatic rings. The van der Waals surface area contributed by atoms with Crippen LogP contribution in [0.5, 0.6) is 0 Å². The molecule has 30 heavy (non-hydrogen) atoms. The number of hydrogen-bond acceptors (Lipinski definition) is 6. The average Bonchev–Trinajstić information content (AvgIpc) is 3.36. The first-order valence-corrected chi connectivity index (χ1v) is 10.1. The van der Waals surface area contributed by atoms with Crippen molar-refractivity contribution in [2.45, 2.75) is 18.9 Å². The molecule has 9 heteroatoms. The van der Waals surface area contributed by atoms with Crippen molar-refractivity contribution >= 4 is 33.1 Å². The molecule has 9 nitrogen and oxygen atoms in total. The average molecular weight is 400 g/mol. The summed E-state index contributed by atoms with van der Waals surface area (Å²) in [7, 11) is 1.80. The van der Waals surface area contributed by atoms with Crippen molar-refractivity contribution < 1.29 is 0 Å². The largest absolute Gasteiger partial charge is 0.329 e. The van der Waals surface area contributed by atoms with Gasteiger partial charge in [-0.2, -0.15) is 5.10 Å². The first-order chi connectivity index (χ1) is 14.7. The van der Waals surface area contributed by atoms with Gasteiger partial charge in [-0.3, -0.25) is 19.2 Å². The molecule has 0 saturated carbocycles. The van der Waals surface area contributed by atoms with Crippen LogP contribution in [0.3, 0.4) is 0 Å². The zero-order chi connectivity index (χ0) is 20.2. The minimum Gasteiger partial charge on any atom is -0.317 e. The van der Waals surface area contributed by atoms with Crippen LogP contribution in [0.15, 0.2) is 41.6 Å². The van der Waals surface area contributed by atoms with Gasteiger partial charge in [0, 0.05) is 30.2 Å². The number of aromatic nitrogens is 7. The third kappa shape index (κ3) is 2.48. The molecule has 5 aromatic rings. The molecule has 6 rings (SSSR count). The van der Waals surface area contributed by atoms with Gasteiger partial charge >= 0.3 is 5.69 Å². The van der Waals surface area contributed by atoms with Gasteiger partial charge in [0.1, 0.15) is 5.52 Å². The zero-order valence-corrected chi connectivity index (χ0v) is 16.5. The molecule has 0 unspecified atom stereocenters. The smallest absolute Gasteiger partial charge is 0.317 e. The maximum absolute atomic E-state index is 13.1. The Balaban J connectivity index is 1.62. The van der Waals surface area contributed by atoms with Gasteiger partial charge in [-0.15, -0.1) is 0 Å². The Kier molecular flexibility index (Phi) is 3.72. The molecule has 0 bridgehead atoms. The van der Waals surface area contributed by atoms with E-state index in [2.05, 4.69) is 25.5 Å². The van der Waals surface area contributed by atoms with Gasteiger partial charge in [0.2, 0.25) is 0 Å². The first kappa shape index (κ1) is 17.3. The molecule has 0 radical (unpaired) electrons. The fraction of sp³-hybridized carbons (Fsp3) is 0.286. The van der Waals surface area contributed by atoms with Gasteiger partial charge in [0.05, 0.1) is 34.6 Å². The number of aryl methyl sites for hydroxylation is 1. The monoisotopic (exact) mass is 400 g/mol. The van der Waals surface area contributed by atoms with Crippen molar-refractivity contribution in [2.75, 3.05) is 13.1 Å². The molecule has 5 aromatic heterocycles. The number of nitrogens with one attached hydrogen (secondary N) is 2. The molecule has 0 spiro atoms. The Morgan fingerprint density at radius 2 is 1.97 bits per heavy atom. The molecule has 0 aromatic carbocycles. The van der Waals surface area contributed by atoms with Crippen molar-refractivity contribution in [1.29, 1.82) is 0 Å². The number of aromatic amines is 1. The number of fused-ring (bicyclic) bond motifs is 4. The van der Waals surface area contributed by atoms with Crippen molar-refractivity contribution in [3.63, 3.8) is 0 Å². The van der Waals surface area contributed by atoms with Crippen LogP contribution in [-0.2, 0) is 7.05 Å². The fourth-order valence-corrected chi connectivity index (χ4v) is 4.43. The number of imidazole rings is 1. The highest BCUT2D eigenvalue weighted by Crippen LogP contribution is 2.29. The molecule has 1 aliphatic heterocycles. The standard InChI is InChI=1S/C21H20N8O/c1-28-17-11-23-16-3-2-15(12-8-13-10-25-27-20(13)24-9-12)26-18(16)19(17)29(21(28)30)14-4-6-22-7-5-14/h2-3,8-11,14,22H,4-7H2,1H3,(H,24,25,27). The second-order valence-electron chi connectivity index (χ2n) is 7.78. The Bertz CT molecular complexity index is 1470. The molecule has 0 aliphatic carbocycles. The summed E-state index contributed by atoms with van der Waals surface area (Å²) in [5, 5.41) is 11.2. The van der Waals surface area contributed by atoms with Crippen molar-refractivity contribution in [2.24, 2.45) is 7.05 Å². The lowest BCUT2D eigenvalue weighted by Crippen LogP contribution is -2.34. The van der Waals surface area contributed by atoms with E-state index < -0.39 is 0 Å². The Labute approximate surface area is 170 Å². The molecule has 6 heterocycles. The Morgan fingerprint density at radius 3 is 2.83 bits per heavy atom. The zero-order valence-electron chi connectivity index (χ0n) is 16.5. The lowest BCUT2D eigenvalue weighted by Gasteiger charge is -2.24. The van der Waals surface area contributed by atoms with E-state index in [9.17, 15) is 4.79 Å². The molecular formula is C21H20N8O. The third-order valence-electron chi connectivity index (χ3n) is 6.02. The van der Waals surface area contributed by atoms with Crippen LogP contribution in [0.4, 0.5) is 0 Å². The second kappa shape index (κ2) is 6.46. The Morgan fingerprint density at radius 1 is 1.10 bits per heavy atom. The van der Waals surface area contributed by atoms with Gasteiger partial charge in [-0.1, -0.05) is 0 Å². The van der Waals surface area contributed by atoms with Crippen LogP contribution in [0.25, 0.3) is 44.4 Å². The molecule has 2 N–H and O–H groups in total. The predicted octanol–water partition coefficient (Wildman–Crippen LogP) is 2.15. The quantitative estimate of drug-likeness (QED) is 0.470. The van der Waals surface area contributed by atoms with E-state index in [1.54, 1.807) is 30.2 Å². The summed E-state index contributed by atoms with van der Waals surface area (Å²) in [6.45, 7) is 1.82. The number of rotatable bonds is 2. The van der Waals surface area contributed by atoms with E-state index in [0.29, 0.717) is 0 Å². The molecular weight excluding hydrogens is 380 g/mol. The summed E-state index contributed by atoms with van der Waals surface area (Å²) in [4.78, 5) is 27.1. The summed E-state index contributed by atoms with van der Waals surface area (Å²) < 4.78 is 3.60. The normalized spacial score (nSPS) is 15.5. The summed E-state index contributed by atoms with van der Waals surface area (Å²) in [6, 6.07) is 6.07. The van der Waals surface area contributed by atoms with E-state index in [1.807, 2.05) is 22.8 Å². The fourth-order valence-electron chi connectivity index (χ4n) is 4.43. The predicted molar refractivity (Wildman–Crippen MR) is 114 cm³/mol. The van der Waals surface area contributed by atoms with E-state index in [1.165, 1.54) is 0 Å². The number of H-pyrrole nitrogens is 1. The molecule has 0 amide bonds. The van der Waals surface area contributed by atoms with E-state index in [4.69, 9.17) is 4.98 Å². The lowest BCUT2D eigenvalue weighted by atomic mass is 10.1. The maximum Gasteiger partial charge on any atom is 0.329 e. The van der Waals surface area contributed by atoms with Crippen LogP contribution in [-0.4, -0.2) is 47.4 Å². The maximum atomic E-state index is 13.1. The topological polar surface area (TPSA) is 106 Å². The van der Waals surface area contributed by atoms with Gasteiger partial charge in [-0.25, -0.2) is 14.8 Å². The van der Waals surface area contributed by atoms with Crippen molar-refractivity contribution in [3.05, 3.63) is 47.3 Å². The van der Waals surface area contributed by atoms with Gasteiger partial charge in [0.15, 0.2) is 5.65 Å². The summed E-state index contributed by atoms with van der Waals surface area (Å²) >= 11 is 0. The highest BCUT2D eigenvalue weighted by Gasteiger charge is 2.23. The summed E-state index contributed by atoms with van der Waals surface area (Å²) in [6.07, 6.45) is 7.15. The highest BCUT2D eigenvalue weighted by molar-refractivity contribution is 6.00. The third-order valence-corrected chi connectivity index (χ3v) is 6.02. The number of nitrogens with zero attached hydrogens (tertiary/aromatic N) is 6. The minimum absolute atomic E-state index is 0.0140. The van der Waals surface area contributed by atoms with Gasteiger partial charge < -0.3 is 5.32 Å². The SMILES string of the molecule is Cn1c(=O)n(C2CCNCC2)c2c3nc(-c4cnc5[nH]ncc5c4)ccc3ncc21. The number of piperidine rings is 1. The minimum atomic E-state index is -0.0140. The molecule has 150 valence electrons. The second-order valence-corrected chi connectivity index (χ2v) is 7.78. The van der Waals surface area contributed by atoms with Gasteiger partial charge in [-0.05, 0) is 44.1 Å². The van der Waals surface area contributed by atoms with Crippen molar-refractivity contribution in [3.8, 4) is 11.3 Å². The summed E-state index contributed by atoms with van der Waals surface area (Å²) in [5.41, 5.74) is 5.60. The van der Waals surface area contributed by atoms with E-state index in [-0.39, 0.29) is 11.7 Å². The van der Waals surface area contributed by atoms with Crippen LogP contribution in [0.1, 0.15) is 18.9 Å². The highest BCUT2D eigenvalue weighted by atomic mass is 16.1. The number of pyridine rings is 3. The summed E-state index contributed by atoms with van der Waals surface area (Å²) in [5.74, 6) is 0.